The van der Waals surface area contributed by atoms with Gasteiger partial charge in [-0.3, -0.25) is 4.79 Å². The number of anilines is 2. The second kappa shape index (κ2) is 4.65. The number of carbonyl (C=O) groups excluding carboxylic acids is 1. The molecule has 3 nitrogen and oxygen atoms in total. The van der Waals surface area contributed by atoms with Crippen molar-refractivity contribution < 1.29 is 4.79 Å². The van der Waals surface area contributed by atoms with Crippen LogP contribution in [0.2, 0.25) is 0 Å². The van der Waals surface area contributed by atoms with Gasteiger partial charge in [0.15, 0.2) is 0 Å². The van der Waals surface area contributed by atoms with E-state index < -0.39 is 0 Å². The molecule has 76 valence electrons. The van der Waals surface area contributed by atoms with Crippen molar-refractivity contribution in [1.29, 1.82) is 0 Å². The average Bonchev–Trinajstić information content (AvgIpc) is 2.10. The van der Waals surface area contributed by atoms with E-state index in [-0.39, 0.29) is 5.91 Å². The summed E-state index contributed by atoms with van der Waals surface area (Å²) in [6.07, 6.45) is 0. The first kappa shape index (κ1) is 10.6. The van der Waals surface area contributed by atoms with Gasteiger partial charge in [0.25, 0.3) is 0 Å². The van der Waals surface area contributed by atoms with Gasteiger partial charge in [-0.1, -0.05) is 0 Å². The van der Waals surface area contributed by atoms with E-state index in [0.29, 0.717) is 0 Å². The summed E-state index contributed by atoms with van der Waals surface area (Å²) in [6, 6.07) is 5.89. The predicted octanol–water partition coefficient (Wildman–Crippen LogP) is 2.39. The molecule has 0 spiro atoms. The van der Waals surface area contributed by atoms with Crippen molar-refractivity contribution in [2.75, 3.05) is 17.2 Å². The summed E-state index contributed by atoms with van der Waals surface area (Å²) < 4.78 is 0. The minimum absolute atomic E-state index is 0.0377. The molecule has 1 rings (SSSR count). The van der Waals surface area contributed by atoms with Crippen molar-refractivity contribution in [3.63, 3.8) is 0 Å². The molecule has 0 heterocycles. The van der Waals surface area contributed by atoms with E-state index in [4.69, 9.17) is 0 Å². The lowest BCUT2D eigenvalue weighted by Crippen LogP contribution is -2.07. The van der Waals surface area contributed by atoms with Gasteiger partial charge in [-0.2, -0.15) is 0 Å². The molecule has 0 radical (unpaired) electrons. The van der Waals surface area contributed by atoms with Crippen LogP contribution < -0.4 is 10.6 Å². The molecule has 14 heavy (non-hydrogen) atoms. The fourth-order valence-electron chi connectivity index (χ4n) is 1.31. The van der Waals surface area contributed by atoms with E-state index in [1.807, 2.05) is 25.1 Å². The summed E-state index contributed by atoms with van der Waals surface area (Å²) in [5.74, 6) is -0.0377. The predicted molar refractivity (Wildman–Crippen MR) is 59.6 cm³/mol. The Morgan fingerprint density at radius 1 is 1.43 bits per heavy atom. The summed E-state index contributed by atoms with van der Waals surface area (Å²) in [5.41, 5.74) is 3.02. The van der Waals surface area contributed by atoms with E-state index in [1.165, 1.54) is 6.92 Å². The van der Waals surface area contributed by atoms with Crippen LogP contribution in [0.15, 0.2) is 18.2 Å². The monoisotopic (exact) mass is 192 g/mol. The van der Waals surface area contributed by atoms with Gasteiger partial charge in [0.05, 0.1) is 0 Å². The highest BCUT2D eigenvalue weighted by Crippen LogP contribution is 2.19. The molecular formula is C11H16N2O. The Kier molecular flexibility index (Phi) is 3.51. The van der Waals surface area contributed by atoms with Gasteiger partial charge in [0.2, 0.25) is 5.91 Å². The summed E-state index contributed by atoms with van der Waals surface area (Å²) in [6.45, 7) is 6.44. The second-order valence-corrected chi connectivity index (χ2v) is 3.24. The SMILES string of the molecule is CCNc1ccc(NC(C)=O)c(C)c1. The normalized spacial score (nSPS) is 9.64. The maximum absolute atomic E-state index is 10.8. The Morgan fingerprint density at radius 3 is 2.64 bits per heavy atom. The molecule has 0 atom stereocenters. The molecule has 0 aliphatic carbocycles. The zero-order chi connectivity index (χ0) is 10.6. The summed E-state index contributed by atoms with van der Waals surface area (Å²) in [4.78, 5) is 10.8. The van der Waals surface area contributed by atoms with Gasteiger partial charge in [-0.25, -0.2) is 0 Å². The number of carbonyl (C=O) groups is 1. The summed E-state index contributed by atoms with van der Waals surface area (Å²) in [5, 5.41) is 5.99. The van der Waals surface area contributed by atoms with Crippen LogP contribution in [0.4, 0.5) is 11.4 Å². The van der Waals surface area contributed by atoms with Crippen molar-refractivity contribution in [2.45, 2.75) is 20.8 Å². The molecule has 0 unspecified atom stereocenters. The minimum atomic E-state index is -0.0377. The number of rotatable bonds is 3. The Labute approximate surface area is 84.5 Å². The van der Waals surface area contributed by atoms with Gasteiger partial charge < -0.3 is 10.6 Å². The Hall–Kier alpha value is -1.51. The van der Waals surface area contributed by atoms with Crippen molar-refractivity contribution in [2.24, 2.45) is 0 Å². The van der Waals surface area contributed by atoms with Gasteiger partial charge in [-0.15, -0.1) is 0 Å². The molecular weight excluding hydrogens is 176 g/mol. The van der Waals surface area contributed by atoms with Crippen LogP contribution in [0.3, 0.4) is 0 Å². The van der Waals surface area contributed by atoms with Crippen molar-refractivity contribution in [3.8, 4) is 0 Å². The van der Waals surface area contributed by atoms with Crippen molar-refractivity contribution in [1.82, 2.24) is 0 Å². The first-order valence-electron chi connectivity index (χ1n) is 4.75. The minimum Gasteiger partial charge on any atom is -0.385 e. The second-order valence-electron chi connectivity index (χ2n) is 3.24. The standard InChI is InChI=1S/C11H16N2O/c1-4-12-10-5-6-11(8(2)7-10)13-9(3)14/h5-7,12H,4H2,1-3H3,(H,13,14). The van der Waals surface area contributed by atoms with Crippen LogP contribution in [-0.4, -0.2) is 12.5 Å². The summed E-state index contributed by atoms with van der Waals surface area (Å²) in [7, 11) is 0. The number of hydrogen-bond donors (Lipinski definition) is 2. The molecule has 0 fully saturated rings. The maximum Gasteiger partial charge on any atom is 0.221 e. The van der Waals surface area contributed by atoms with Crippen LogP contribution >= 0.6 is 0 Å². The lowest BCUT2D eigenvalue weighted by atomic mass is 10.1. The molecule has 0 aliphatic heterocycles. The third-order valence-corrected chi connectivity index (χ3v) is 1.92. The number of nitrogens with one attached hydrogen (secondary N) is 2. The number of hydrogen-bond acceptors (Lipinski definition) is 2. The highest BCUT2D eigenvalue weighted by atomic mass is 16.1. The molecule has 1 aromatic carbocycles. The topological polar surface area (TPSA) is 41.1 Å². The number of benzene rings is 1. The molecule has 1 amide bonds. The van der Waals surface area contributed by atoms with Gasteiger partial charge >= 0.3 is 0 Å². The summed E-state index contributed by atoms with van der Waals surface area (Å²) >= 11 is 0. The smallest absolute Gasteiger partial charge is 0.221 e. The van der Waals surface area contributed by atoms with Crippen LogP contribution in [-0.2, 0) is 4.79 Å². The van der Waals surface area contributed by atoms with E-state index in [1.54, 1.807) is 0 Å². The van der Waals surface area contributed by atoms with E-state index >= 15 is 0 Å². The highest BCUT2D eigenvalue weighted by Gasteiger charge is 2.00. The fourth-order valence-corrected chi connectivity index (χ4v) is 1.31. The Bertz CT molecular complexity index is 334. The third kappa shape index (κ3) is 2.76. The van der Waals surface area contributed by atoms with Crippen LogP contribution in [0.5, 0.6) is 0 Å². The lowest BCUT2D eigenvalue weighted by Gasteiger charge is -2.09. The zero-order valence-corrected chi connectivity index (χ0v) is 8.85. The number of aryl methyl sites for hydroxylation is 1. The molecule has 0 saturated heterocycles. The molecule has 0 saturated carbocycles. The van der Waals surface area contributed by atoms with Crippen LogP contribution in [0, 0.1) is 6.92 Å². The lowest BCUT2D eigenvalue weighted by molar-refractivity contribution is -0.114. The van der Waals surface area contributed by atoms with E-state index in [0.717, 1.165) is 23.5 Å². The van der Waals surface area contributed by atoms with Crippen molar-refractivity contribution in [3.05, 3.63) is 23.8 Å². The first-order valence-corrected chi connectivity index (χ1v) is 4.75. The molecule has 0 aromatic heterocycles. The van der Waals surface area contributed by atoms with Gasteiger partial charge in [0, 0.05) is 24.8 Å². The molecule has 0 bridgehead atoms. The maximum atomic E-state index is 10.8. The van der Waals surface area contributed by atoms with Crippen LogP contribution in [0.1, 0.15) is 19.4 Å². The van der Waals surface area contributed by atoms with Gasteiger partial charge in [-0.05, 0) is 37.6 Å². The molecule has 0 aliphatic rings. The largest absolute Gasteiger partial charge is 0.385 e. The Balaban J connectivity index is 2.84. The molecule has 2 N–H and O–H groups in total. The van der Waals surface area contributed by atoms with E-state index in [9.17, 15) is 4.79 Å². The molecule has 3 heteroatoms. The number of amides is 1. The van der Waals surface area contributed by atoms with Crippen LogP contribution in [0.25, 0.3) is 0 Å². The highest BCUT2D eigenvalue weighted by molar-refractivity contribution is 5.89. The zero-order valence-electron chi connectivity index (χ0n) is 8.85. The van der Waals surface area contributed by atoms with Gasteiger partial charge in [0.1, 0.15) is 0 Å². The van der Waals surface area contributed by atoms with E-state index in [2.05, 4.69) is 17.6 Å². The quantitative estimate of drug-likeness (QED) is 0.772. The first-order chi connectivity index (χ1) is 6.63. The Morgan fingerprint density at radius 2 is 2.14 bits per heavy atom. The fraction of sp³-hybridized carbons (Fsp3) is 0.364. The third-order valence-electron chi connectivity index (χ3n) is 1.92. The molecule has 1 aromatic rings. The van der Waals surface area contributed by atoms with Crippen molar-refractivity contribution >= 4 is 17.3 Å². The average molecular weight is 192 g/mol.